The fourth-order valence-electron chi connectivity index (χ4n) is 2.23. The van der Waals surface area contributed by atoms with E-state index in [1.807, 2.05) is 0 Å². The molecule has 0 fully saturated rings. The Hall–Kier alpha value is -3.33. The lowest BCUT2D eigenvalue weighted by Gasteiger charge is -2.03. The molecule has 0 spiro atoms. The van der Waals surface area contributed by atoms with E-state index >= 15 is 0 Å². The van der Waals surface area contributed by atoms with E-state index in [4.69, 9.17) is 10.8 Å². The SMILES string of the molecule is Nc1nc(Nc2cccc(C(=O)O)c2)sc1C(=O)c1c(F)cccc1F. The third-order valence-electron chi connectivity index (χ3n) is 3.41. The van der Waals surface area contributed by atoms with E-state index in [0.717, 1.165) is 29.5 Å². The van der Waals surface area contributed by atoms with Crippen LogP contribution in [-0.4, -0.2) is 21.8 Å². The molecule has 0 saturated carbocycles. The number of carbonyl (C=O) groups excluding carboxylic acids is 1. The summed E-state index contributed by atoms with van der Waals surface area (Å²) in [6, 6.07) is 9.03. The smallest absolute Gasteiger partial charge is 0.335 e. The molecule has 0 aliphatic heterocycles. The molecule has 1 aromatic heterocycles. The highest BCUT2D eigenvalue weighted by Gasteiger charge is 2.24. The predicted octanol–water partition coefficient (Wildman–Crippen LogP) is 3.68. The van der Waals surface area contributed by atoms with Gasteiger partial charge in [0.15, 0.2) is 5.13 Å². The zero-order valence-electron chi connectivity index (χ0n) is 13.0. The minimum absolute atomic E-state index is 0.0595. The van der Waals surface area contributed by atoms with Gasteiger partial charge in [-0.3, -0.25) is 4.79 Å². The van der Waals surface area contributed by atoms with Crippen LogP contribution in [-0.2, 0) is 0 Å². The van der Waals surface area contributed by atoms with E-state index in [1.54, 1.807) is 6.07 Å². The molecule has 0 unspecified atom stereocenters. The minimum atomic E-state index is -1.10. The van der Waals surface area contributed by atoms with Crippen LogP contribution in [0.5, 0.6) is 0 Å². The Morgan fingerprint density at radius 1 is 1.12 bits per heavy atom. The number of nitrogens with two attached hydrogens (primary N) is 1. The molecule has 0 bridgehead atoms. The van der Waals surface area contributed by atoms with Crippen molar-refractivity contribution >= 4 is 39.7 Å². The first kappa shape index (κ1) is 17.5. The summed E-state index contributed by atoms with van der Waals surface area (Å²) < 4.78 is 27.6. The number of carboxylic acids is 1. The monoisotopic (exact) mass is 375 g/mol. The fraction of sp³-hybridized carbons (Fsp3) is 0. The Labute approximate surface area is 149 Å². The van der Waals surface area contributed by atoms with E-state index < -0.39 is 29.0 Å². The largest absolute Gasteiger partial charge is 0.478 e. The number of carbonyl (C=O) groups is 2. The third kappa shape index (κ3) is 3.38. The van der Waals surface area contributed by atoms with Crippen LogP contribution in [0.2, 0.25) is 0 Å². The van der Waals surface area contributed by atoms with Crippen LogP contribution < -0.4 is 11.1 Å². The van der Waals surface area contributed by atoms with Gasteiger partial charge in [0.2, 0.25) is 5.78 Å². The second-order valence-corrected chi connectivity index (χ2v) is 6.17. The van der Waals surface area contributed by atoms with Crippen LogP contribution in [0.1, 0.15) is 25.6 Å². The number of aromatic nitrogens is 1. The van der Waals surface area contributed by atoms with Gasteiger partial charge in [-0.05, 0) is 30.3 Å². The van der Waals surface area contributed by atoms with Crippen molar-refractivity contribution in [2.45, 2.75) is 0 Å². The maximum atomic E-state index is 13.8. The average molecular weight is 375 g/mol. The Kier molecular flexibility index (Phi) is 4.63. The van der Waals surface area contributed by atoms with Crippen molar-refractivity contribution in [3.8, 4) is 0 Å². The number of hydrogen-bond acceptors (Lipinski definition) is 6. The lowest BCUT2D eigenvalue weighted by molar-refractivity contribution is 0.0696. The quantitative estimate of drug-likeness (QED) is 0.588. The highest BCUT2D eigenvalue weighted by molar-refractivity contribution is 7.18. The van der Waals surface area contributed by atoms with Gasteiger partial charge < -0.3 is 16.2 Å². The van der Waals surface area contributed by atoms with Crippen molar-refractivity contribution in [2.75, 3.05) is 11.1 Å². The number of nitrogen functional groups attached to an aromatic ring is 1. The number of carboxylic acid groups (broad SMARTS) is 1. The lowest BCUT2D eigenvalue weighted by atomic mass is 10.1. The van der Waals surface area contributed by atoms with Gasteiger partial charge in [0.25, 0.3) is 0 Å². The van der Waals surface area contributed by atoms with Crippen molar-refractivity contribution < 1.29 is 23.5 Å². The Morgan fingerprint density at radius 2 is 1.77 bits per heavy atom. The fourth-order valence-corrected chi connectivity index (χ4v) is 3.08. The van der Waals surface area contributed by atoms with Crippen molar-refractivity contribution in [1.29, 1.82) is 0 Å². The van der Waals surface area contributed by atoms with Gasteiger partial charge in [-0.25, -0.2) is 18.6 Å². The van der Waals surface area contributed by atoms with Crippen molar-refractivity contribution in [2.24, 2.45) is 0 Å². The lowest BCUT2D eigenvalue weighted by Crippen LogP contribution is -2.07. The first-order valence-corrected chi connectivity index (χ1v) is 8.04. The molecule has 2 aromatic carbocycles. The normalized spacial score (nSPS) is 10.5. The maximum absolute atomic E-state index is 13.8. The molecular formula is C17H11F2N3O3S. The van der Waals surface area contributed by atoms with Gasteiger partial charge in [0.1, 0.15) is 22.3 Å². The van der Waals surface area contributed by atoms with Crippen LogP contribution in [0.25, 0.3) is 0 Å². The standard InChI is InChI=1S/C17H11F2N3O3S/c18-10-5-2-6-11(19)12(10)13(23)14-15(20)22-17(26-14)21-9-4-1-3-8(7-9)16(24)25/h1-7H,20H2,(H,21,22)(H,24,25). The molecule has 0 amide bonds. The summed E-state index contributed by atoms with van der Waals surface area (Å²) in [5.74, 6) is -4.18. The molecule has 0 radical (unpaired) electrons. The molecule has 1 heterocycles. The van der Waals surface area contributed by atoms with Crippen LogP contribution in [0.3, 0.4) is 0 Å². The minimum Gasteiger partial charge on any atom is -0.478 e. The van der Waals surface area contributed by atoms with Crippen molar-refractivity contribution in [1.82, 2.24) is 4.98 Å². The highest BCUT2D eigenvalue weighted by atomic mass is 32.1. The predicted molar refractivity (Wildman–Crippen MR) is 93.0 cm³/mol. The van der Waals surface area contributed by atoms with Gasteiger partial charge in [-0.1, -0.05) is 23.5 Å². The number of anilines is 3. The van der Waals surface area contributed by atoms with Crippen LogP contribution >= 0.6 is 11.3 Å². The van der Waals surface area contributed by atoms with Crippen molar-refractivity contribution in [3.63, 3.8) is 0 Å². The number of halogens is 2. The summed E-state index contributed by atoms with van der Waals surface area (Å²) in [6.45, 7) is 0. The van der Waals surface area contributed by atoms with E-state index in [0.29, 0.717) is 5.69 Å². The average Bonchev–Trinajstić information content (AvgIpc) is 2.95. The van der Waals surface area contributed by atoms with Gasteiger partial charge in [-0.15, -0.1) is 0 Å². The summed E-state index contributed by atoms with van der Waals surface area (Å²) in [7, 11) is 0. The molecule has 4 N–H and O–H groups in total. The molecule has 3 rings (SSSR count). The number of rotatable bonds is 5. The van der Waals surface area contributed by atoms with E-state index in [1.165, 1.54) is 18.2 Å². The van der Waals surface area contributed by atoms with E-state index in [-0.39, 0.29) is 21.4 Å². The van der Waals surface area contributed by atoms with Gasteiger partial charge >= 0.3 is 5.97 Å². The number of hydrogen-bond donors (Lipinski definition) is 3. The second-order valence-electron chi connectivity index (χ2n) is 5.17. The molecule has 0 aliphatic rings. The van der Waals surface area contributed by atoms with Crippen molar-refractivity contribution in [3.05, 3.63) is 70.1 Å². The highest BCUT2D eigenvalue weighted by Crippen LogP contribution is 2.31. The summed E-state index contributed by atoms with van der Waals surface area (Å²) in [5.41, 5.74) is 5.48. The number of ketones is 1. The summed E-state index contributed by atoms with van der Waals surface area (Å²) in [4.78, 5) is 27.3. The topological polar surface area (TPSA) is 105 Å². The van der Waals surface area contributed by atoms with E-state index in [2.05, 4.69) is 10.3 Å². The van der Waals surface area contributed by atoms with Crippen LogP contribution in [0.4, 0.5) is 25.4 Å². The van der Waals surface area contributed by atoms with Crippen LogP contribution in [0.15, 0.2) is 42.5 Å². The van der Waals surface area contributed by atoms with Gasteiger partial charge in [-0.2, -0.15) is 0 Å². The first-order chi connectivity index (χ1) is 12.4. The molecule has 0 atom stereocenters. The molecule has 0 saturated heterocycles. The molecule has 6 nitrogen and oxygen atoms in total. The second kappa shape index (κ2) is 6.89. The number of nitrogens with zero attached hydrogens (tertiary/aromatic N) is 1. The molecule has 132 valence electrons. The number of thiazole rings is 1. The Morgan fingerprint density at radius 3 is 2.42 bits per heavy atom. The third-order valence-corrected chi connectivity index (χ3v) is 4.40. The summed E-state index contributed by atoms with van der Waals surface area (Å²) in [5, 5.41) is 12.0. The number of benzene rings is 2. The van der Waals surface area contributed by atoms with Gasteiger partial charge in [0, 0.05) is 5.69 Å². The number of nitrogens with one attached hydrogen (secondary N) is 1. The first-order valence-electron chi connectivity index (χ1n) is 7.22. The molecule has 3 aromatic rings. The maximum Gasteiger partial charge on any atom is 0.335 e. The van der Waals surface area contributed by atoms with Gasteiger partial charge in [0.05, 0.1) is 11.1 Å². The number of aromatic carboxylic acids is 1. The summed E-state index contributed by atoms with van der Waals surface area (Å²) in [6.07, 6.45) is 0. The van der Waals surface area contributed by atoms with Crippen LogP contribution in [0, 0.1) is 11.6 Å². The molecule has 9 heteroatoms. The zero-order valence-corrected chi connectivity index (χ0v) is 13.8. The Bertz CT molecular complexity index is 1000. The summed E-state index contributed by atoms with van der Waals surface area (Å²) >= 11 is 0.811. The molecule has 26 heavy (non-hydrogen) atoms. The van der Waals surface area contributed by atoms with E-state index in [9.17, 15) is 18.4 Å². The molecule has 0 aliphatic carbocycles. The zero-order chi connectivity index (χ0) is 18.8. The molecular weight excluding hydrogens is 364 g/mol. The Balaban J connectivity index is 1.91.